The Hall–Kier alpha value is -1.10. The Morgan fingerprint density at radius 1 is 1.43 bits per heavy atom. The molecule has 0 aromatic carbocycles. The van der Waals surface area contributed by atoms with Crippen LogP contribution in [0.25, 0.3) is 0 Å². The molecule has 0 saturated heterocycles. The molecule has 1 atom stereocenters. The number of esters is 1. The van der Waals surface area contributed by atoms with Gasteiger partial charge in [-0.3, -0.25) is 4.79 Å². The van der Waals surface area contributed by atoms with E-state index in [4.69, 9.17) is 9.72 Å². The predicted molar refractivity (Wildman–Crippen MR) is 82.7 cm³/mol. The molecule has 0 bridgehead atoms. The third-order valence-corrected chi connectivity index (χ3v) is 6.30. The number of anilines is 1. The van der Waals surface area contributed by atoms with E-state index < -0.39 is 0 Å². The Labute approximate surface area is 129 Å². The molecule has 21 heavy (non-hydrogen) atoms. The van der Waals surface area contributed by atoms with Crippen LogP contribution in [0.2, 0.25) is 0 Å². The molecule has 114 valence electrons. The number of hydrogen-bond acceptors (Lipinski definition) is 5. The fraction of sp³-hybridized carbons (Fsp3) is 0.750. The first-order chi connectivity index (χ1) is 10.2. The minimum Gasteiger partial charge on any atom is -0.465 e. The Morgan fingerprint density at radius 2 is 2.24 bits per heavy atom. The summed E-state index contributed by atoms with van der Waals surface area (Å²) in [5.74, 6) is 0.721. The van der Waals surface area contributed by atoms with Crippen molar-refractivity contribution < 1.29 is 9.53 Å². The van der Waals surface area contributed by atoms with E-state index in [1.807, 2.05) is 6.92 Å². The topological polar surface area (TPSA) is 51.2 Å². The summed E-state index contributed by atoms with van der Waals surface area (Å²) in [7, 11) is 0. The molecule has 1 unspecified atom stereocenters. The van der Waals surface area contributed by atoms with E-state index >= 15 is 0 Å². The summed E-state index contributed by atoms with van der Waals surface area (Å²) in [6.07, 6.45) is 7.41. The number of hydrogen-bond donors (Lipinski definition) is 1. The number of aryl methyl sites for hydroxylation is 1. The van der Waals surface area contributed by atoms with Crippen LogP contribution in [0, 0.1) is 11.3 Å². The average molecular weight is 306 g/mol. The Kier molecular flexibility index (Phi) is 3.21. The van der Waals surface area contributed by atoms with Crippen molar-refractivity contribution in [3.8, 4) is 0 Å². The highest BCUT2D eigenvalue weighted by molar-refractivity contribution is 7.15. The molecule has 0 aliphatic heterocycles. The maximum absolute atomic E-state index is 12.0. The molecule has 1 aromatic rings. The smallest absolute Gasteiger partial charge is 0.315 e. The first-order valence-corrected chi connectivity index (χ1v) is 8.93. The lowest BCUT2D eigenvalue weighted by molar-refractivity contribution is -0.145. The largest absolute Gasteiger partial charge is 0.465 e. The number of nitrogens with one attached hydrogen (secondary N) is 1. The van der Waals surface area contributed by atoms with Crippen LogP contribution in [0.15, 0.2) is 0 Å². The van der Waals surface area contributed by atoms with Gasteiger partial charge in [0, 0.05) is 11.4 Å². The minimum absolute atomic E-state index is 0.107. The summed E-state index contributed by atoms with van der Waals surface area (Å²) < 4.78 is 5.16. The van der Waals surface area contributed by atoms with Gasteiger partial charge < -0.3 is 10.1 Å². The molecule has 0 amide bonds. The highest BCUT2D eigenvalue weighted by atomic mass is 32.1. The number of thiazole rings is 1. The van der Waals surface area contributed by atoms with Crippen molar-refractivity contribution in [3.05, 3.63) is 10.6 Å². The molecule has 0 radical (unpaired) electrons. The van der Waals surface area contributed by atoms with Gasteiger partial charge in [-0.15, -0.1) is 11.3 Å². The SMILES string of the molecule is CCOC(=O)C1CCc2sc(NCC3(C4CC4)CC3)nc21. The summed E-state index contributed by atoms with van der Waals surface area (Å²) in [6.45, 7) is 3.37. The third kappa shape index (κ3) is 2.45. The quantitative estimate of drug-likeness (QED) is 0.819. The fourth-order valence-electron chi connectivity index (χ4n) is 3.61. The van der Waals surface area contributed by atoms with E-state index in [9.17, 15) is 4.79 Å². The standard InChI is InChI=1S/C16H22N2O2S/c1-2-20-14(19)11-5-6-12-13(11)18-15(21-12)17-9-16(7-8-16)10-3-4-10/h10-11H,2-9H2,1H3,(H,17,18). The lowest BCUT2D eigenvalue weighted by atomic mass is 10.0. The van der Waals surface area contributed by atoms with E-state index in [-0.39, 0.29) is 11.9 Å². The maximum atomic E-state index is 12.0. The fourth-order valence-corrected chi connectivity index (χ4v) is 4.65. The lowest BCUT2D eigenvalue weighted by Gasteiger charge is -2.14. The molecule has 5 heteroatoms. The highest BCUT2D eigenvalue weighted by Gasteiger charge is 2.53. The van der Waals surface area contributed by atoms with E-state index in [2.05, 4.69) is 5.32 Å². The van der Waals surface area contributed by atoms with Gasteiger partial charge in [-0.25, -0.2) is 4.98 Å². The van der Waals surface area contributed by atoms with Crippen LogP contribution in [0.3, 0.4) is 0 Å². The summed E-state index contributed by atoms with van der Waals surface area (Å²) >= 11 is 1.73. The zero-order valence-electron chi connectivity index (χ0n) is 12.5. The van der Waals surface area contributed by atoms with Gasteiger partial charge in [-0.05, 0) is 56.8 Å². The number of carbonyl (C=O) groups excluding carboxylic acids is 1. The van der Waals surface area contributed by atoms with E-state index in [0.717, 1.165) is 36.1 Å². The normalized spacial score (nSPS) is 25.5. The number of aromatic nitrogens is 1. The van der Waals surface area contributed by atoms with Crippen LogP contribution in [0.4, 0.5) is 5.13 Å². The van der Waals surface area contributed by atoms with Crippen molar-refractivity contribution in [2.75, 3.05) is 18.5 Å². The van der Waals surface area contributed by atoms with E-state index in [1.165, 1.54) is 30.6 Å². The van der Waals surface area contributed by atoms with Crippen LogP contribution in [-0.2, 0) is 16.0 Å². The van der Waals surface area contributed by atoms with Crippen molar-refractivity contribution in [1.82, 2.24) is 4.98 Å². The van der Waals surface area contributed by atoms with Gasteiger partial charge in [0.15, 0.2) is 5.13 Å². The van der Waals surface area contributed by atoms with E-state index in [1.54, 1.807) is 11.3 Å². The Balaban J connectivity index is 1.42. The maximum Gasteiger partial charge on any atom is 0.315 e. The van der Waals surface area contributed by atoms with Crippen molar-refractivity contribution in [1.29, 1.82) is 0 Å². The highest BCUT2D eigenvalue weighted by Crippen LogP contribution is 2.61. The second-order valence-corrected chi connectivity index (χ2v) is 7.74. The van der Waals surface area contributed by atoms with Gasteiger partial charge in [-0.2, -0.15) is 0 Å². The molecule has 4 rings (SSSR count). The summed E-state index contributed by atoms with van der Waals surface area (Å²) in [4.78, 5) is 17.9. The van der Waals surface area contributed by atoms with Gasteiger partial charge in [0.1, 0.15) is 5.92 Å². The van der Waals surface area contributed by atoms with Gasteiger partial charge in [0.2, 0.25) is 0 Å². The summed E-state index contributed by atoms with van der Waals surface area (Å²) in [5.41, 5.74) is 1.55. The second-order valence-electron chi connectivity index (χ2n) is 6.66. The molecule has 3 aliphatic rings. The number of ether oxygens (including phenoxy) is 1. The van der Waals surface area contributed by atoms with Crippen LogP contribution in [0.1, 0.15) is 55.5 Å². The zero-order chi connectivity index (χ0) is 14.4. The first-order valence-electron chi connectivity index (χ1n) is 8.12. The van der Waals surface area contributed by atoms with Crippen LogP contribution in [0.5, 0.6) is 0 Å². The minimum atomic E-state index is -0.134. The lowest BCUT2D eigenvalue weighted by Crippen LogP contribution is -2.17. The van der Waals surface area contributed by atoms with Gasteiger partial charge in [0.25, 0.3) is 0 Å². The van der Waals surface area contributed by atoms with Crippen LogP contribution in [-0.4, -0.2) is 24.1 Å². The molecule has 0 spiro atoms. The number of nitrogens with zero attached hydrogens (tertiary/aromatic N) is 1. The summed E-state index contributed by atoms with van der Waals surface area (Å²) in [6, 6.07) is 0. The number of fused-ring (bicyclic) bond motifs is 1. The molecule has 2 saturated carbocycles. The van der Waals surface area contributed by atoms with Gasteiger partial charge >= 0.3 is 5.97 Å². The van der Waals surface area contributed by atoms with Crippen molar-refractivity contribution in [2.24, 2.45) is 11.3 Å². The van der Waals surface area contributed by atoms with Crippen LogP contribution >= 0.6 is 11.3 Å². The molecule has 2 fully saturated rings. The van der Waals surface area contributed by atoms with Crippen LogP contribution < -0.4 is 5.32 Å². The van der Waals surface area contributed by atoms with Crippen molar-refractivity contribution in [2.45, 2.75) is 51.4 Å². The Morgan fingerprint density at radius 3 is 2.90 bits per heavy atom. The number of carbonyl (C=O) groups is 1. The Bertz CT molecular complexity index is 561. The molecular weight excluding hydrogens is 284 g/mol. The molecular formula is C16H22N2O2S. The predicted octanol–water partition coefficient (Wildman–Crippen LogP) is 3.34. The zero-order valence-corrected chi connectivity index (χ0v) is 13.3. The average Bonchev–Trinajstić information content (AvgIpc) is 3.35. The van der Waals surface area contributed by atoms with Crippen molar-refractivity contribution in [3.63, 3.8) is 0 Å². The first kappa shape index (κ1) is 13.6. The molecule has 4 nitrogen and oxygen atoms in total. The van der Waals surface area contributed by atoms with E-state index in [0.29, 0.717) is 12.0 Å². The molecule has 3 aliphatic carbocycles. The summed E-state index contributed by atoms with van der Waals surface area (Å²) in [5, 5.41) is 4.55. The second kappa shape index (κ2) is 4.97. The van der Waals surface area contributed by atoms with Gasteiger partial charge in [0.05, 0.1) is 12.3 Å². The number of rotatable bonds is 6. The van der Waals surface area contributed by atoms with Gasteiger partial charge in [-0.1, -0.05) is 0 Å². The monoisotopic (exact) mass is 306 g/mol. The molecule has 1 aromatic heterocycles. The van der Waals surface area contributed by atoms with Crippen molar-refractivity contribution >= 4 is 22.4 Å². The third-order valence-electron chi connectivity index (χ3n) is 5.22. The molecule has 1 heterocycles. The molecule has 1 N–H and O–H groups in total.